The SMILES string of the molecule is Cc1cc(C)c(/C=N/NC(=O)c2ccc(N)cc2)c(C)c1. The molecular formula is C17H19N3O. The number of nitrogens with two attached hydrogens (primary N) is 1. The van der Waals surface area contributed by atoms with Gasteiger partial charge in [-0.3, -0.25) is 4.79 Å². The fourth-order valence-corrected chi connectivity index (χ4v) is 2.25. The fourth-order valence-electron chi connectivity index (χ4n) is 2.25. The van der Waals surface area contributed by atoms with Gasteiger partial charge < -0.3 is 5.73 Å². The predicted molar refractivity (Wildman–Crippen MR) is 86.6 cm³/mol. The van der Waals surface area contributed by atoms with Crippen molar-refractivity contribution < 1.29 is 4.79 Å². The first-order valence-electron chi connectivity index (χ1n) is 6.74. The standard InChI is InChI=1S/C17H19N3O/c1-11-8-12(2)16(13(3)9-11)10-19-20-17(21)14-4-6-15(18)7-5-14/h4-10H,18H2,1-3H3,(H,20,21)/b19-10+. The summed E-state index contributed by atoms with van der Waals surface area (Å²) in [5, 5.41) is 4.04. The molecule has 0 aromatic heterocycles. The molecule has 4 heteroatoms. The summed E-state index contributed by atoms with van der Waals surface area (Å²) in [4.78, 5) is 11.9. The minimum Gasteiger partial charge on any atom is -0.399 e. The van der Waals surface area contributed by atoms with Gasteiger partial charge in [-0.05, 0) is 56.2 Å². The number of anilines is 1. The summed E-state index contributed by atoms with van der Waals surface area (Å²) in [7, 11) is 0. The molecule has 0 unspecified atom stereocenters. The summed E-state index contributed by atoms with van der Waals surface area (Å²) < 4.78 is 0. The van der Waals surface area contributed by atoms with Crippen molar-refractivity contribution in [1.29, 1.82) is 0 Å². The Morgan fingerprint density at radius 1 is 1.10 bits per heavy atom. The summed E-state index contributed by atoms with van der Waals surface area (Å²) in [6, 6.07) is 10.9. The van der Waals surface area contributed by atoms with Crippen molar-refractivity contribution in [2.75, 3.05) is 5.73 Å². The highest BCUT2D eigenvalue weighted by Crippen LogP contribution is 2.14. The zero-order chi connectivity index (χ0) is 15.4. The lowest BCUT2D eigenvalue weighted by Crippen LogP contribution is -2.17. The fraction of sp³-hybridized carbons (Fsp3) is 0.176. The smallest absolute Gasteiger partial charge is 0.271 e. The van der Waals surface area contributed by atoms with Crippen molar-refractivity contribution in [3.05, 3.63) is 64.2 Å². The molecule has 0 saturated carbocycles. The highest BCUT2D eigenvalue weighted by atomic mass is 16.2. The average molecular weight is 281 g/mol. The molecule has 1 amide bonds. The molecule has 108 valence electrons. The van der Waals surface area contributed by atoms with Crippen LogP contribution in [0.15, 0.2) is 41.5 Å². The van der Waals surface area contributed by atoms with Gasteiger partial charge in [0.15, 0.2) is 0 Å². The Morgan fingerprint density at radius 3 is 2.24 bits per heavy atom. The first-order valence-corrected chi connectivity index (χ1v) is 6.74. The van der Waals surface area contributed by atoms with Crippen molar-refractivity contribution >= 4 is 17.8 Å². The highest BCUT2D eigenvalue weighted by molar-refractivity contribution is 5.95. The van der Waals surface area contributed by atoms with Gasteiger partial charge in [-0.2, -0.15) is 5.10 Å². The van der Waals surface area contributed by atoms with Crippen molar-refractivity contribution in [3.8, 4) is 0 Å². The maximum absolute atomic E-state index is 11.9. The monoisotopic (exact) mass is 281 g/mol. The second kappa shape index (κ2) is 6.22. The molecule has 0 fully saturated rings. The quantitative estimate of drug-likeness (QED) is 0.516. The number of nitrogens with zero attached hydrogens (tertiary/aromatic N) is 1. The van der Waals surface area contributed by atoms with E-state index < -0.39 is 0 Å². The van der Waals surface area contributed by atoms with E-state index in [1.54, 1.807) is 30.5 Å². The van der Waals surface area contributed by atoms with Crippen molar-refractivity contribution in [1.82, 2.24) is 5.43 Å². The molecule has 21 heavy (non-hydrogen) atoms. The van der Waals surface area contributed by atoms with Crippen LogP contribution in [-0.4, -0.2) is 12.1 Å². The Morgan fingerprint density at radius 2 is 1.67 bits per heavy atom. The number of nitrogen functional groups attached to an aromatic ring is 1. The number of amides is 1. The van der Waals surface area contributed by atoms with E-state index in [4.69, 9.17) is 5.73 Å². The molecule has 0 atom stereocenters. The van der Waals surface area contributed by atoms with E-state index in [1.807, 2.05) is 13.8 Å². The lowest BCUT2D eigenvalue weighted by Gasteiger charge is -2.06. The average Bonchev–Trinajstić information content (AvgIpc) is 2.42. The molecule has 0 heterocycles. The summed E-state index contributed by atoms with van der Waals surface area (Å²) in [5.74, 6) is -0.256. The number of rotatable bonds is 3. The minimum absolute atomic E-state index is 0.256. The van der Waals surface area contributed by atoms with Crippen LogP contribution in [0.25, 0.3) is 0 Å². The lowest BCUT2D eigenvalue weighted by atomic mass is 10.0. The Balaban J connectivity index is 2.09. The van der Waals surface area contributed by atoms with E-state index in [0.29, 0.717) is 11.3 Å². The molecule has 0 aliphatic carbocycles. The lowest BCUT2D eigenvalue weighted by molar-refractivity contribution is 0.0955. The number of benzene rings is 2. The molecule has 0 radical (unpaired) electrons. The van der Waals surface area contributed by atoms with Gasteiger partial charge in [0, 0.05) is 16.8 Å². The third-order valence-corrected chi connectivity index (χ3v) is 3.27. The normalized spacial score (nSPS) is 10.8. The number of hydrogen-bond donors (Lipinski definition) is 2. The summed E-state index contributed by atoms with van der Waals surface area (Å²) in [6.07, 6.45) is 1.68. The molecule has 0 bridgehead atoms. The van der Waals surface area contributed by atoms with Crippen molar-refractivity contribution in [3.63, 3.8) is 0 Å². The van der Waals surface area contributed by atoms with Crippen LogP contribution in [0.2, 0.25) is 0 Å². The van der Waals surface area contributed by atoms with Crippen LogP contribution in [0.4, 0.5) is 5.69 Å². The third kappa shape index (κ3) is 3.69. The van der Waals surface area contributed by atoms with Gasteiger partial charge in [0.25, 0.3) is 5.91 Å². The van der Waals surface area contributed by atoms with E-state index in [0.717, 1.165) is 16.7 Å². The molecular weight excluding hydrogens is 262 g/mol. The second-order valence-corrected chi connectivity index (χ2v) is 5.13. The number of hydrogen-bond acceptors (Lipinski definition) is 3. The van der Waals surface area contributed by atoms with Crippen LogP contribution in [0.1, 0.15) is 32.6 Å². The summed E-state index contributed by atoms with van der Waals surface area (Å²) in [6.45, 7) is 6.12. The molecule has 4 nitrogen and oxygen atoms in total. The van der Waals surface area contributed by atoms with Crippen molar-refractivity contribution in [2.24, 2.45) is 5.10 Å². The predicted octanol–water partition coefficient (Wildman–Crippen LogP) is 2.96. The molecule has 0 aliphatic heterocycles. The van der Waals surface area contributed by atoms with E-state index in [2.05, 4.69) is 29.6 Å². The molecule has 0 spiro atoms. The van der Waals surface area contributed by atoms with E-state index in [-0.39, 0.29) is 5.91 Å². The first kappa shape index (κ1) is 14.8. The number of carbonyl (C=O) groups excluding carboxylic acids is 1. The Kier molecular flexibility index (Phi) is 4.38. The number of hydrazone groups is 1. The van der Waals surface area contributed by atoms with Gasteiger partial charge in [-0.15, -0.1) is 0 Å². The van der Waals surface area contributed by atoms with E-state index in [1.165, 1.54) is 5.56 Å². The van der Waals surface area contributed by atoms with Gasteiger partial charge >= 0.3 is 0 Å². The Bertz CT molecular complexity index is 665. The summed E-state index contributed by atoms with van der Waals surface area (Å²) in [5.41, 5.74) is 13.8. The zero-order valence-electron chi connectivity index (χ0n) is 12.5. The van der Waals surface area contributed by atoms with E-state index >= 15 is 0 Å². The van der Waals surface area contributed by atoms with Crippen LogP contribution in [0.5, 0.6) is 0 Å². The molecule has 2 rings (SSSR count). The maximum Gasteiger partial charge on any atom is 0.271 e. The third-order valence-electron chi connectivity index (χ3n) is 3.27. The topological polar surface area (TPSA) is 67.5 Å². The van der Waals surface area contributed by atoms with Gasteiger partial charge in [0.05, 0.1) is 6.21 Å². The van der Waals surface area contributed by atoms with Crippen molar-refractivity contribution in [2.45, 2.75) is 20.8 Å². The minimum atomic E-state index is -0.256. The maximum atomic E-state index is 11.9. The van der Waals surface area contributed by atoms with E-state index in [9.17, 15) is 4.79 Å². The number of nitrogens with one attached hydrogen (secondary N) is 1. The first-order chi connectivity index (χ1) is 9.97. The second-order valence-electron chi connectivity index (χ2n) is 5.13. The molecule has 0 aliphatic rings. The molecule has 2 aromatic carbocycles. The van der Waals surface area contributed by atoms with Crippen LogP contribution >= 0.6 is 0 Å². The highest BCUT2D eigenvalue weighted by Gasteiger charge is 2.04. The van der Waals surface area contributed by atoms with Gasteiger partial charge in [0.2, 0.25) is 0 Å². The van der Waals surface area contributed by atoms with Crippen LogP contribution in [0, 0.1) is 20.8 Å². The zero-order valence-corrected chi connectivity index (χ0v) is 12.5. The summed E-state index contributed by atoms with van der Waals surface area (Å²) >= 11 is 0. The Hall–Kier alpha value is -2.62. The van der Waals surface area contributed by atoms with Gasteiger partial charge in [-0.25, -0.2) is 5.43 Å². The van der Waals surface area contributed by atoms with Gasteiger partial charge in [-0.1, -0.05) is 17.7 Å². The van der Waals surface area contributed by atoms with Crippen LogP contribution < -0.4 is 11.2 Å². The molecule has 2 aromatic rings. The molecule has 0 saturated heterocycles. The van der Waals surface area contributed by atoms with Crippen LogP contribution in [0.3, 0.4) is 0 Å². The largest absolute Gasteiger partial charge is 0.399 e. The number of aryl methyl sites for hydroxylation is 3. The van der Waals surface area contributed by atoms with Crippen LogP contribution in [-0.2, 0) is 0 Å². The van der Waals surface area contributed by atoms with Gasteiger partial charge in [0.1, 0.15) is 0 Å². The number of carbonyl (C=O) groups is 1. The Labute approximate surface area is 124 Å². The molecule has 3 N–H and O–H groups in total.